The first kappa shape index (κ1) is 18.4. The Kier molecular flexibility index (Phi) is 3.93. The molecule has 3 saturated carbocycles. The van der Waals surface area contributed by atoms with E-state index in [1.807, 2.05) is 20.8 Å². The molecular formula is C21H32O5. The first-order valence-electron chi connectivity index (χ1n) is 10.1. The van der Waals surface area contributed by atoms with Crippen molar-refractivity contribution in [1.29, 1.82) is 0 Å². The predicted molar refractivity (Wildman–Crippen MR) is 95.2 cm³/mol. The lowest BCUT2D eigenvalue weighted by Gasteiger charge is -2.56. The minimum absolute atomic E-state index is 0.0346. The van der Waals surface area contributed by atoms with Crippen molar-refractivity contribution in [2.75, 3.05) is 7.11 Å². The molecule has 26 heavy (non-hydrogen) atoms. The van der Waals surface area contributed by atoms with Crippen LogP contribution in [0.25, 0.3) is 0 Å². The van der Waals surface area contributed by atoms with E-state index < -0.39 is 17.1 Å². The lowest BCUT2D eigenvalue weighted by molar-refractivity contribution is -0.170. The number of aliphatic hydroxyl groups is 1. The summed E-state index contributed by atoms with van der Waals surface area (Å²) in [5, 5.41) is 11.1. The first-order valence-corrected chi connectivity index (χ1v) is 10.1. The second-order valence-electron chi connectivity index (χ2n) is 9.91. The van der Waals surface area contributed by atoms with Crippen molar-refractivity contribution in [3.63, 3.8) is 0 Å². The van der Waals surface area contributed by atoms with Crippen LogP contribution in [0.1, 0.15) is 59.8 Å². The number of rotatable bonds is 3. The van der Waals surface area contributed by atoms with Gasteiger partial charge in [0.1, 0.15) is 11.4 Å². The molecule has 1 aliphatic heterocycles. The lowest BCUT2D eigenvalue weighted by Crippen LogP contribution is -2.58. The summed E-state index contributed by atoms with van der Waals surface area (Å²) in [4.78, 5) is 25.4. The third-order valence-electron chi connectivity index (χ3n) is 8.48. The SMILES string of the molecule is COC(=O)[C@]1(C)CCC[C@]2(C)[C@H]3C[C@H](C(=O)C(C)C)[C@H](O)[C@]34O[C@@H]4C[C@H]21. The Morgan fingerprint density at radius 2 is 1.85 bits per heavy atom. The highest BCUT2D eigenvalue weighted by atomic mass is 16.6. The second kappa shape index (κ2) is 5.54. The lowest BCUT2D eigenvalue weighted by atomic mass is 9.46. The molecule has 0 radical (unpaired) electrons. The summed E-state index contributed by atoms with van der Waals surface area (Å²) in [5.74, 6) is -0.115. The van der Waals surface area contributed by atoms with Crippen molar-refractivity contribution in [3.8, 4) is 0 Å². The molecular weight excluding hydrogens is 332 g/mol. The van der Waals surface area contributed by atoms with Crippen LogP contribution in [0.4, 0.5) is 0 Å². The summed E-state index contributed by atoms with van der Waals surface area (Å²) >= 11 is 0. The molecule has 0 unspecified atom stereocenters. The maximum absolute atomic E-state index is 12.7. The van der Waals surface area contributed by atoms with Crippen LogP contribution < -0.4 is 0 Å². The summed E-state index contributed by atoms with van der Waals surface area (Å²) in [7, 11) is 1.47. The van der Waals surface area contributed by atoms with Gasteiger partial charge in [0.05, 0.1) is 24.7 Å². The monoisotopic (exact) mass is 364 g/mol. The molecule has 0 bridgehead atoms. The Morgan fingerprint density at radius 3 is 2.46 bits per heavy atom. The van der Waals surface area contributed by atoms with Gasteiger partial charge in [0.15, 0.2) is 0 Å². The van der Waals surface area contributed by atoms with Crippen LogP contribution in [0.15, 0.2) is 0 Å². The predicted octanol–water partition coefficient (Wildman–Crippen LogP) is 2.74. The Balaban J connectivity index is 1.72. The van der Waals surface area contributed by atoms with E-state index in [-0.39, 0.29) is 46.9 Å². The standard InChI is InChI=1S/C21H32O5/c1-11(2)16(22)12-9-14-19(3)7-6-8-20(4,18(24)25-5)13(19)10-15-21(14,26-15)17(12)23/h11-15,17,23H,6-10H2,1-5H3/t12-,13-,14-,15-,17+,19+,20-,21+/m1/s1. The fourth-order valence-electron chi connectivity index (χ4n) is 7.13. The molecule has 4 aliphatic rings. The molecule has 0 amide bonds. The van der Waals surface area contributed by atoms with Gasteiger partial charge in [-0.25, -0.2) is 0 Å². The van der Waals surface area contributed by atoms with E-state index in [0.29, 0.717) is 6.42 Å². The smallest absolute Gasteiger partial charge is 0.311 e. The quantitative estimate of drug-likeness (QED) is 0.615. The van der Waals surface area contributed by atoms with Crippen LogP contribution in [0.5, 0.6) is 0 Å². The molecule has 1 saturated heterocycles. The van der Waals surface area contributed by atoms with Crippen molar-refractivity contribution < 1.29 is 24.2 Å². The molecule has 3 aliphatic carbocycles. The highest BCUT2D eigenvalue weighted by Gasteiger charge is 2.80. The molecule has 8 atom stereocenters. The zero-order valence-corrected chi connectivity index (χ0v) is 16.6. The molecule has 1 N–H and O–H groups in total. The van der Waals surface area contributed by atoms with E-state index in [1.54, 1.807) is 0 Å². The number of ketones is 1. The molecule has 1 spiro atoms. The van der Waals surface area contributed by atoms with E-state index in [0.717, 1.165) is 25.7 Å². The molecule has 146 valence electrons. The van der Waals surface area contributed by atoms with E-state index >= 15 is 0 Å². The molecule has 1 heterocycles. The van der Waals surface area contributed by atoms with Gasteiger partial charge in [-0.15, -0.1) is 0 Å². The number of Topliss-reactive ketones (excluding diaryl/α,β-unsaturated/α-hetero) is 1. The van der Waals surface area contributed by atoms with Crippen molar-refractivity contribution in [1.82, 2.24) is 0 Å². The second-order valence-corrected chi connectivity index (χ2v) is 9.91. The van der Waals surface area contributed by atoms with Crippen LogP contribution in [-0.2, 0) is 19.1 Å². The third-order valence-corrected chi connectivity index (χ3v) is 8.48. The summed E-state index contributed by atoms with van der Waals surface area (Å²) in [6.07, 6.45) is 3.53. The number of aliphatic hydroxyl groups excluding tert-OH is 1. The average Bonchev–Trinajstić information content (AvgIpc) is 3.25. The van der Waals surface area contributed by atoms with Crippen LogP contribution in [0.3, 0.4) is 0 Å². The van der Waals surface area contributed by atoms with Gasteiger partial charge in [-0.3, -0.25) is 9.59 Å². The normalized spacial score (nSPS) is 52.0. The average molecular weight is 364 g/mol. The van der Waals surface area contributed by atoms with E-state index in [9.17, 15) is 14.7 Å². The number of hydrogen-bond acceptors (Lipinski definition) is 5. The molecule has 0 aromatic heterocycles. The fourth-order valence-corrected chi connectivity index (χ4v) is 7.13. The topological polar surface area (TPSA) is 76.1 Å². The molecule has 0 aromatic rings. The zero-order chi connectivity index (χ0) is 19.1. The maximum atomic E-state index is 12.7. The number of carbonyl (C=O) groups is 2. The van der Waals surface area contributed by atoms with Crippen LogP contribution in [0, 0.1) is 34.5 Å². The van der Waals surface area contributed by atoms with Gasteiger partial charge in [0, 0.05) is 11.8 Å². The van der Waals surface area contributed by atoms with Gasteiger partial charge in [-0.1, -0.05) is 27.2 Å². The third kappa shape index (κ3) is 2.05. The molecule has 4 rings (SSSR count). The van der Waals surface area contributed by atoms with Gasteiger partial charge in [-0.2, -0.15) is 0 Å². The highest BCUT2D eigenvalue weighted by Crippen LogP contribution is 2.73. The molecule has 5 nitrogen and oxygen atoms in total. The van der Waals surface area contributed by atoms with Crippen LogP contribution in [0.2, 0.25) is 0 Å². The first-order chi connectivity index (χ1) is 12.1. The maximum Gasteiger partial charge on any atom is 0.311 e. The molecule has 4 fully saturated rings. The number of esters is 1. The number of epoxide rings is 1. The van der Waals surface area contributed by atoms with E-state index in [2.05, 4.69) is 6.92 Å². The van der Waals surface area contributed by atoms with Crippen molar-refractivity contribution in [2.24, 2.45) is 34.5 Å². The minimum atomic E-state index is -0.712. The zero-order valence-electron chi connectivity index (χ0n) is 16.6. The van der Waals surface area contributed by atoms with Gasteiger partial charge in [0.2, 0.25) is 0 Å². The number of methoxy groups -OCH3 is 1. The summed E-state index contributed by atoms with van der Waals surface area (Å²) < 4.78 is 11.3. The number of carbonyl (C=O) groups excluding carboxylic acids is 2. The Bertz CT molecular complexity index is 644. The van der Waals surface area contributed by atoms with Gasteiger partial charge < -0.3 is 14.6 Å². The molecule has 5 heteroatoms. The summed E-state index contributed by atoms with van der Waals surface area (Å²) in [6.45, 7) is 8.11. The van der Waals surface area contributed by atoms with Gasteiger partial charge in [-0.05, 0) is 49.9 Å². The van der Waals surface area contributed by atoms with Crippen molar-refractivity contribution in [2.45, 2.75) is 77.6 Å². The van der Waals surface area contributed by atoms with Crippen LogP contribution in [-0.4, -0.2) is 41.8 Å². The number of hydrogen-bond donors (Lipinski definition) is 1. The van der Waals surface area contributed by atoms with E-state index in [1.165, 1.54) is 7.11 Å². The minimum Gasteiger partial charge on any atom is -0.469 e. The Morgan fingerprint density at radius 1 is 1.15 bits per heavy atom. The Labute approximate surface area is 155 Å². The number of ether oxygens (including phenoxy) is 2. The van der Waals surface area contributed by atoms with Gasteiger partial charge >= 0.3 is 5.97 Å². The Hall–Kier alpha value is -0.940. The summed E-state index contributed by atoms with van der Waals surface area (Å²) in [5.41, 5.74) is -1.18. The number of fused-ring (bicyclic) bond motifs is 2. The van der Waals surface area contributed by atoms with Crippen molar-refractivity contribution in [3.05, 3.63) is 0 Å². The summed E-state index contributed by atoms with van der Waals surface area (Å²) in [6, 6.07) is 0. The highest BCUT2D eigenvalue weighted by molar-refractivity contribution is 5.84. The van der Waals surface area contributed by atoms with E-state index in [4.69, 9.17) is 9.47 Å². The molecule has 0 aromatic carbocycles. The van der Waals surface area contributed by atoms with Crippen molar-refractivity contribution >= 4 is 11.8 Å². The fraction of sp³-hybridized carbons (Fsp3) is 0.905. The van der Waals surface area contributed by atoms with Gasteiger partial charge in [0.25, 0.3) is 0 Å². The van der Waals surface area contributed by atoms with Crippen LogP contribution >= 0.6 is 0 Å². The largest absolute Gasteiger partial charge is 0.469 e.